The van der Waals surface area contributed by atoms with Gasteiger partial charge in [-0.15, -0.1) is 0 Å². The van der Waals surface area contributed by atoms with Gasteiger partial charge in [0.1, 0.15) is 0 Å². The molecular weight excluding hydrogens is 392 g/mol. The second-order valence-electron chi connectivity index (χ2n) is 7.33. The molecule has 0 aromatic heterocycles. The average Bonchev–Trinajstić information content (AvgIpc) is 2.75. The van der Waals surface area contributed by atoms with Crippen LogP contribution in [0.1, 0.15) is 47.8 Å². The van der Waals surface area contributed by atoms with E-state index in [1.54, 1.807) is 36.4 Å². The summed E-state index contributed by atoms with van der Waals surface area (Å²) in [6.07, 6.45) is 0. The molecule has 7 heteroatoms. The van der Waals surface area contributed by atoms with E-state index >= 15 is 0 Å². The zero-order valence-electron chi connectivity index (χ0n) is 17.0. The molecule has 31 heavy (non-hydrogen) atoms. The number of nitrogens with two attached hydrogens (primary N) is 3. The van der Waals surface area contributed by atoms with E-state index in [4.69, 9.17) is 17.2 Å². The van der Waals surface area contributed by atoms with Crippen LogP contribution in [-0.2, 0) is 19.6 Å². The number of rotatable bonds is 9. The molecule has 0 aliphatic carbocycles. The summed E-state index contributed by atoms with van der Waals surface area (Å²) in [5, 5.41) is 0. The van der Waals surface area contributed by atoms with E-state index < -0.39 is 17.7 Å². The van der Waals surface area contributed by atoms with Crippen molar-refractivity contribution in [1.82, 2.24) is 4.90 Å². The van der Waals surface area contributed by atoms with Crippen molar-refractivity contribution in [2.24, 2.45) is 17.2 Å². The molecule has 3 aromatic rings. The van der Waals surface area contributed by atoms with Crippen LogP contribution in [-0.4, -0.2) is 22.6 Å². The molecule has 0 fully saturated rings. The minimum absolute atomic E-state index is 0.458. The van der Waals surface area contributed by atoms with E-state index in [9.17, 15) is 14.4 Å². The fourth-order valence-electron chi connectivity index (χ4n) is 3.27. The highest BCUT2D eigenvalue weighted by atomic mass is 16.1. The number of carbonyl (C=O) groups is 3. The van der Waals surface area contributed by atoms with Crippen LogP contribution in [0.3, 0.4) is 0 Å². The van der Waals surface area contributed by atoms with Crippen LogP contribution in [0.4, 0.5) is 0 Å². The van der Waals surface area contributed by atoms with Gasteiger partial charge in [-0.1, -0.05) is 36.4 Å². The standard InChI is InChI=1S/C24H24N4O3/c25-22(29)19-7-1-16(2-8-19)13-28(14-17-3-9-20(10-4-17)23(26)30)15-18-5-11-21(12-6-18)24(27)31/h1-12H,13-15H2,(H2,25,29)(H2,26,30)(H2,27,31). The highest BCUT2D eigenvalue weighted by Gasteiger charge is 2.11. The van der Waals surface area contributed by atoms with Gasteiger partial charge < -0.3 is 17.2 Å². The minimum Gasteiger partial charge on any atom is -0.366 e. The predicted molar refractivity (Wildman–Crippen MR) is 118 cm³/mol. The van der Waals surface area contributed by atoms with Crippen molar-refractivity contribution < 1.29 is 14.4 Å². The predicted octanol–water partition coefficient (Wildman–Crippen LogP) is 2.19. The Bertz CT molecular complexity index is 934. The summed E-state index contributed by atoms with van der Waals surface area (Å²) in [5.74, 6) is -1.40. The maximum atomic E-state index is 11.3. The van der Waals surface area contributed by atoms with Gasteiger partial charge in [-0.05, 0) is 53.1 Å². The van der Waals surface area contributed by atoms with Gasteiger partial charge in [0.15, 0.2) is 0 Å². The molecule has 0 atom stereocenters. The summed E-state index contributed by atoms with van der Waals surface area (Å²) in [5.41, 5.74) is 20.4. The summed E-state index contributed by atoms with van der Waals surface area (Å²) >= 11 is 0. The molecule has 0 saturated heterocycles. The molecule has 0 bridgehead atoms. The van der Waals surface area contributed by atoms with Gasteiger partial charge >= 0.3 is 0 Å². The van der Waals surface area contributed by atoms with Gasteiger partial charge in [-0.25, -0.2) is 0 Å². The fourth-order valence-corrected chi connectivity index (χ4v) is 3.27. The molecule has 0 radical (unpaired) electrons. The monoisotopic (exact) mass is 416 g/mol. The Morgan fingerprint density at radius 3 is 0.903 bits per heavy atom. The summed E-state index contributed by atoms with van der Waals surface area (Å²) in [4.78, 5) is 36.1. The Hall–Kier alpha value is -3.97. The van der Waals surface area contributed by atoms with Crippen LogP contribution in [0, 0.1) is 0 Å². The molecule has 0 aliphatic rings. The summed E-state index contributed by atoms with van der Waals surface area (Å²) < 4.78 is 0. The van der Waals surface area contributed by atoms with Crippen molar-refractivity contribution in [1.29, 1.82) is 0 Å². The van der Waals surface area contributed by atoms with Crippen LogP contribution in [0.25, 0.3) is 0 Å². The van der Waals surface area contributed by atoms with Crippen molar-refractivity contribution in [2.45, 2.75) is 19.6 Å². The van der Waals surface area contributed by atoms with Crippen molar-refractivity contribution >= 4 is 17.7 Å². The summed E-state index contributed by atoms with van der Waals surface area (Å²) in [6, 6.07) is 21.5. The summed E-state index contributed by atoms with van der Waals surface area (Å²) in [7, 11) is 0. The smallest absolute Gasteiger partial charge is 0.248 e. The normalized spacial score (nSPS) is 10.7. The second kappa shape index (κ2) is 9.69. The molecule has 3 rings (SSSR count). The van der Waals surface area contributed by atoms with Gasteiger partial charge in [0.25, 0.3) is 0 Å². The third-order valence-corrected chi connectivity index (χ3v) is 4.93. The molecule has 3 amide bonds. The molecule has 3 aromatic carbocycles. The largest absolute Gasteiger partial charge is 0.366 e. The number of nitrogens with zero attached hydrogens (tertiary/aromatic N) is 1. The second-order valence-corrected chi connectivity index (χ2v) is 7.33. The van der Waals surface area contributed by atoms with Gasteiger partial charge in [0, 0.05) is 36.3 Å². The number of hydrogen-bond donors (Lipinski definition) is 3. The highest BCUT2D eigenvalue weighted by molar-refractivity contribution is 5.93. The zero-order chi connectivity index (χ0) is 22.4. The fraction of sp³-hybridized carbons (Fsp3) is 0.125. The molecule has 0 heterocycles. The first-order chi connectivity index (χ1) is 14.8. The Balaban J connectivity index is 1.80. The SMILES string of the molecule is NC(=O)c1ccc(CN(Cc2ccc(C(N)=O)cc2)Cc2ccc(C(N)=O)cc2)cc1. The van der Waals surface area contributed by atoms with Crippen LogP contribution in [0.5, 0.6) is 0 Å². The molecule has 0 saturated carbocycles. The first-order valence-electron chi connectivity index (χ1n) is 9.70. The molecule has 158 valence electrons. The number of carbonyl (C=O) groups excluding carboxylic acids is 3. The topological polar surface area (TPSA) is 133 Å². The molecular formula is C24H24N4O3. The van der Waals surface area contributed by atoms with Crippen molar-refractivity contribution in [3.63, 3.8) is 0 Å². The van der Waals surface area contributed by atoms with E-state index in [-0.39, 0.29) is 0 Å². The van der Waals surface area contributed by atoms with Crippen molar-refractivity contribution in [2.75, 3.05) is 0 Å². The first kappa shape index (κ1) is 21.7. The van der Waals surface area contributed by atoms with Gasteiger partial charge in [-0.2, -0.15) is 0 Å². The van der Waals surface area contributed by atoms with E-state index in [2.05, 4.69) is 4.90 Å². The average molecular weight is 416 g/mol. The minimum atomic E-state index is -0.465. The summed E-state index contributed by atoms with van der Waals surface area (Å²) in [6.45, 7) is 1.86. The zero-order valence-corrected chi connectivity index (χ0v) is 17.0. The molecule has 0 spiro atoms. The lowest BCUT2D eigenvalue weighted by molar-refractivity contribution is 0.0992. The Labute approximate surface area is 180 Å². The van der Waals surface area contributed by atoms with Gasteiger partial charge in [0.05, 0.1) is 0 Å². The van der Waals surface area contributed by atoms with Gasteiger partial charge in [-0.3, -0.25) is 19.3 Å². The lowest BCUT2D eigenvalue weighted by Crippen LogP contribution is -2.23. The Morgan fingerprint density at radius 1 is 0.484 bits per heavy atom. The molecule has 6 N–H and O–H groups in total. The lowest BCUT2D eigenvalue weighted by Gasteiger charge is -2.23. The number of benzene rings is 3. The van der Waals surface area contributed by atoms with Crippen molar-refractivity contribution in [3.05, 3.63) is 106 Å². The Kier molecular flexibility index (Phi) is 6.79. The van der Waals surface area contributed by atoms with Gasteiger partial charge in [0.2, 0.25) is 17.7 Å². The quantitative estimate of drug-likeness (QED) is 0.493. The Morgan fingerprint density at radius 2 is 0.710 bits per heavy atom. The van der Waals surface area contributed by atoms with Crippen LogP contribution in [0.2, 0.25) is 0 Å². The molecule has 0 aliphatic heterocycles. The van der Waals surface area contributed by atoms with Crippen molar-refractivity contribution in [3.8, 4) is 0 Å². The molecule has 7 nitrogen and oxygen atoms in total. The lowest BCUT2D eigenvalue weighted by atomic mass is 10.1. The third-order valence-electron chi connectivity index (χ3n) is 4.93. The maximum Gasteiger partial charge on any atom is 0.248 e. The van der Waals surface area contributed by atoms with Crippen LogP contribution < -0.4 is 17.2 Å². The number of amides is 3. The van der Waals surface area contributed by atoms with Crippen LogP contribution >= 0.6 is 0 Å². The van der Waals surface area contributed by atoms with E-state index in [1.165, 1.54) is 0 Å². The van der Waals surface area contributed by atoms with E-state index in [0.29, 0.717) is 36.3 Å². The highest BCUT2D eigenvalue weighted by Crippen LogP contribution is 2.16. The van der Waals surface area contributed by atoms with Crippen LogP contribution in [0.15, 0.2) is 72.8 Å². The third kappa shape index (κ3) is 6.01. The van der Waals surface area contributed by atoms with E-state index in [1.807, 2.05) is 36.4 Å². The first-order valence-corrected chi connectivity index (χ1v) is 9.70. The number of primary amides is 3. The maximum absolute atomic E-state index is 11.3. The van der Waals surface area contributed by atoms with E-state index in [0.717, 1.165) is 16.7 Å². The number of hydrogen-bond acceptors (Lipinski definition) is 4. The molecule has 0 unspecified atom stereocenters.